The highest BCUT2D eigenvalue weighted by Gasteiger charge is 2.14. The Kier molecular flexibility index (Phi) is 6.70. The Hall–Kier alpha value is -1.78. The van der Waals surface area contributed by atoms with Crippen LogP contribution in [0, 0.1) is 0 Å². The van der Waals surface area contributed by atoms with E-state index in [9.17, 15) is 4.79 Å². The standard InChI is InChI=1S/C10H18N4O/c1-5-13-10(6-7-12-8-15)14(11-4)9(2)3/h5-10,13H,1,4H2,2-3H3,(H,12,15)/b7-6+. The molecule has 0 fully saturated rings. The molecule has 0 saturated heterocycles. The Labute approximate surface area is 90.5 Å². The van der Waals surface area contributed by atoms with E-state index in [0.29, 0.717) is 6.41 Å². The van der Waals surface area contributed by atoms with E-state index < -0.39 is 0 Å². The molecule has 0 aromatic rings. The zero-order valence-corrected chi connectivity index (χ0v) is 9.18. The number of rotatable bonds is 8. The molecule has 0 aromatic carbocycles. The lowest BCUT2D eigenvalue weighted by Crippen LogP contribution is -2.42. The average molecular weight is 210 g/mol. The summed E-state index contributed by atoms with van der Waals surface area (Å²) in [7, 11) is 0. The number of carbonyl (C=O) groups is 1. The molecule has 1 amide bonds. The zero-order chi connectivity index (χ0) is 11.7. The summed E-state index contributed by atoms with van der Waals surface area (Å²) in [5.74, 6) is 0. The summed E-state index contributed by atoms with van der Waals surface area (Å²) in [6.07, 6.45) is 5.28. The molecule has 84 valence electrons. The van der Waals surface area contributed by atoms with Gasteiger partial charge in [-0.05, 0) is 26.1 Å². The first-order chi connectivity index (χ1) is 7.17. The highest BCUT2D eigenvalue weighted by Crippen LogP contribution is 2.04. The Bertz CT molecular complexity index is 238. The van der Waals surface area contributed by atoms with E-state index in [1.807, 2.05) is 13.8 Å². The van der Waals surface area contributed by atoms with Crippen LogP contribution in [0.3, 0.4) is 0 Å². The second-order valence-corrected chi connectivity index (χ2v) is 3.07. The minimum absolute atomic E-state index is 0.174. The highest BCUT2D eigenvalue weighted by atomic mass is 16.1. The van der Waals surface area contributed by atoms with Gasteiger partial charge in [-0.15, -0.1) is 0 Å². The minimum Gasteiger partial charge on any atom is -0.367 e. The van der Waals surface area contributed by atoms with E-state index in [1.165, 1.54) is 6.20 Å². The third-order valence-corrected chi connectivity index (χ3v) is 1.71. The van der Waals surface area contributed by atoms with E-state index in [2.05, 4.69) is 29.0 Å². The van der Waals surface area contributed by atoms with Gasteiger partial charge in [0.2, 0.25) is 6.41 Å². The fourth-order valence-corrected chi connectivity index (χ4v) is 1.10. The predicted octanol–water partition coefficient (Wildman–Crippen LogP) is 0.631. The third kappa shape index (κ3) is 4.85. The predicted molar refractivity (Wildman–Crippen MR) is 62.0 cm³/mol. The van der Waals surface area contributed by atoms with Crippen LogP contribution >= 0.6 is 0 Å². The van der Waals surface area contributed by atoms with Crippen molar-refractivity contribution in [2.45, 2.75) is 26.1 Å². The summed E-state index contributed by atoms with van der Waals surface area (Å²) in [4.78, 5) is 10.1. The van der Waals surface area contributed by atoms with Crippen molar-refractivity contribution >= 4 is 13.1 Å². The van der Waals surface area contributed by atoms with Crippen molar-refractivity contribution in [1.29, 1.82) is 0 Å². The molecule has 5 nitrogen and oxygen atoms in total. The van der Waals surface area contributed by atoms with Crippen LogP contribution in [0.15, 0.2) is 30.2 Å². The van der Waals surface area contributed by atoms with Crippen molar-refractivity contribution in [3.63, 3.8) is 0 Å². The first kappa shape index (κ1) is 13.2. The molecule has 0 aromatic heterocycles. The summed E-state index contributed by atoms with van der Waals surface area (Å²) in [6, 6.07) is 0.195. The molecule has 5 heteroatoms. The van der Waals surface area contributed by atoms with Gasteiger partial charge in [0.05, 0.1) is 0 Å². The summed E-state index contributed by atoms with van der Waals surface area (Å²) in [5, 5.41) is 11.1. The van der Waals surface area contributed by atoms with Crippen LogP contribution in [0.1, 0.15) is 13.8 Å². The van der Waals surface area contributed by atoms with Gasteiger partial charge in [0.15, 0.2) is 0 Å². The number of hydrogen-bond donors (Lipinski definition) is 2. The van der Waals surface area contributed by atoms with Crippen LogP contribution in [0.4, 0.5) is 0 Å². The van der Waals surface area contributed by atoms with Crippen LogP contribution in [-0.2, 0) is 4.79 Å². The molecule has 0 aliphatic carbocycles. The van der Waals surface area contributed by atoms with Gasteiger partial charge in [-0.25, -0.2) is 0 Å². The van der Waals surface area contributed by atoms with Gasteiger partial charge >= 0.3 is 0 Å². The van der Waals surface area contributed by atoms with Gasteiger partial charge in [0.25, 0.3) is 0 Å². The van der Waals surface area contributed by atoms with Gasteiger partial charge < -0.3 is 10.6 Å². The number of carbonyl (C=O) groups excluding carboxylic acids is 1. The first-order valence-electron chi connectivity index (χ1n) is 4.65. The van der Waals surface area contributed by atoms with Crippen molar-refractivity contribution in [2.75, 3.05) is 0 Å². The molecule has 0 spiro atoms. The Morgan fingerprint density at radius 2 is 2.13 bits per heavy atom. The van der Waals surface area contributed by atoms with Crippen molar-refractivity contribution in [2.24, 2.45) is 5.10 Å². The number of hydrazone groups is 1. The van der Waals surface area contributed by atoms with Crippen molar-refractivity contribution < 1.29 is 4.79 Å². The lowest BCUT2D eigenvalue weighted by Gasteiger charge is -2.30. The quantitative estimate of drug-likeness (QED) is 0.267. The Morgan fingerprint density at radius 1 is 1.47 bits per heavy atom. The number of nitrogens with one attached hydrogen (secondary N) is 2. The second-order valence-electron chi connectivity index (χ2n) is 3.07. The summed E-state index contributed by atoms with van der Waals surface area (Å²) in [6.45, 7) is 11.1. The van der Waals surface area contributed by atoms with Crippen LogP contribution in [-0.4, -0.2) is 30.3 Å². The first-order valence-corrected chi connectivity index (χ1v) is 4.65. The lowest BCUT2D eigenvalue weighted by molar-refractivity contribution is -0.108. The second kappa shape index (κ2) is 7.61. The van der Waals surface area contributed by atoms with Gasteiger partial charge in [-0.3, -0.25) is 9.80 Å². The topological polar surface area (TPSA) is 56.7 Å². The third-order valence-electron chi connectivity index (χ3n) is 1.71. The average Bonchev–Trinajstić information content (AvgIpc) is 2.18. The smallest absolute Gasteiger partial charge is 0.211 e. The SMILES string of the molecule is C=CNC(/C=C/NC=O)N(N=C)C(C)C. The lowest BCUT2D eigenvalue weighted by atomic mass is 10.3. The molecule has 15 heavy (non-hydrogen) atoms. The van der Waals surface area contributed by atoms with Gasteiger partial charge in [0.1, 0.15) is 6.17 Å². The maximum absolute atomic E-state index is 10.1. The molecule has 1 unspecified atom stereocenters. The van der Waals surface area contributed by atoms with E-state index in [-0.39, 0.29) is 12.2 Å². The molecule has 1 atom stereocenters. The molecule has 2 N–H and O–H groups in total. The Balaban J connectivity index is 4.52. The van der Waals surface area contributed by atoms with Crippen LogP contribution in [0.25, 0.3) is 0 Å². The highest BCUT2D eigenvalue weighted by molar-refractivity contribution is 5.47. The largest absolute Gasteiger partial charge is 0.367 e. The number of nitrogens with zero attached hydrogens (tertiary/aromatic N) is 2. The zero-order valence-electron chi connectivity index (χ0n) is 9.18. The van der Waals surface area contributed by atoms with E-state index >= 15 is 0 Å². The van der Waals surface area contributed by atoms with E-state index in [4.69, 9.17) is 0 Å². The van der Waals surface area contributed by atoms with Gasteiger partial charge in [0, 0.05) is 19.0 Å². The molecule has 0 aliphatic heterocycles. The molecule has 0 rings (SSSR count). The summed E-state index contributed by atoms with van der Waals surface area (Å²) >= 11 is 0. The van der Waals surface area contributed by atoms with E-state index in [0.717, 1.165) is 0 Å². The molecule has 0 heterocycles. The Morgan fingerprint density at radius 3 is 2.53 bits per heavy atom. The monoisotopic (exact) mass is 210 g/mol. The van der Waals surface area contributed by atoms with Crippen LogP contribution in [0.2, 0.25) is 0 Å². The molecule has 0 aliphatic rings. The molecular weight excluding hydrogens is 192 g/mol. The molecule has 0 bridgehead atoms. The van der Waals surface area contributed by atoms with Gasteiger partial charge in [-0.1, -0.05) is 6.58 Å². The molecule has 0 saturated carbocycles. The van der Waals surface area contributed by atoms with Crippen molar-refractivity contribution in [3.8, 4) is 0 Å². The van der Waals surface area contributed by atoms with Crippen molar-refractivity contribution in [1.82, 2.24) is 15.6 Å². The van der Waals surface area contributed by atoms with Gasteiger partial charge in [-0.2, -0.15) is 5.10 Å². The summed E-state index contributed by atoms with van der Waals surface area (Å²) < 4.78 is 0. The summed E-state index contributed by atoms with van der Waals surface area (Å²) in [5.41, 5.74) is 0. The fraction of sp³-hybridized carbons (Fsp3) is 0.400. The molecular formula is C10H18N4O. The maximum atomic E-state index is 10.1. The van der Waals surface area contributed by atoms with E-state index in [1.54, 1.807) is 17.3 Å². The van der Waals surface area contributed by atoms with Crippen LogP contribution < -0.4 is 10.6 Å². The number of amides is 1. The minimum atomic E-state index is -0.174. The van der Waals surface area contributed by atoms with Crippen LogP contribution in [0.5, 0.6) is 0 Å². The molecule has 0 radical (unpaired) electrons. The maximum Gasteiger partial charge on any atom is 0.211 e. The van der Waals surface area contributed by atoms with Crippen molar-refractivity contribution in [3.05, 3.63) is 25.1 Å². The fourth-order valence-electron chi connectivity index (χ4n) is 1.10. The number of hydrogen-bond acceptors (Lipinski definition) is 4. The normalized spacial score (nSPS) is 12.2.